The number of fused-ring (bicyclic) bond motifs is 10. The van der Waals surface area contributed by atoms with Crippen LogP contribution >= 0.6 is 11.3 Å². The summed E-state index contributed by atoms with van der Waals surface area (Å²) < 4.78 is 7.59. The van der Waals surface area contributed by atoms with E-state index in [2.05, 4.69) is 167 Å². The lowest BCUT2D eigenvalue weighted by Crippen LogP contribution is -1.97. The molecule has 3 heteroatoms. The van der Waals surface area contributed by atoms with E-state index in [1.807, 2.05) is 11.3 Å². The number of thiophene rings is 1. The molecule has 0 bridgehead atoms. The topological polar surface area (TPSA) is 9.86 Å². The highest BCUT2D eigenvalue weighted by molar-refractivity contribution is 7.25. The Morgan fingerprint density at radius 3 is 1.67 bits per heavy atom. The summed E-state index contributed by atoms with van der Waals surface area (Å²) in [6.07, 6.45) is 0. The summed E-state index contributed by atoms with van der Waals surface area (Å²) in [4.78, 5) is 0. The molecule has 45 heavy (non-hydrogen) atoms. The van der Waals surface area contributed by atoms with Gasteiger partial charge in [0.2, 0.25) is 0 Å². The highest BCUT2D eigenvalue weighted by Gasteiger charge is 2.24. The van der Waals surface area contributed by atoms with Crippen molar-refractivity contribution < 1.29 is 0 Å². The minimum atomic E-state index is 1.16. The van der Waals surface area contributed by atoms with Gasteiger partial charge in [-0.3, -0.25) is 0 Å². The molecule has 0 saturated heterocycles. The van der Waals surface area contributed by atoms with Crippen molar-refractivity contribution in [1.29, 1.82) is 0 Å². The number of para-hydroxylation sites is 4. The zero-order valence-corrected chi connectivity index (χ0v) is 25.1. The molecule has 2 nitrogen and oxygen atoms in total. The van der Waals surface area contributed by atoms with Crippen molar-refractivity contribution >= 4 is 75.1 Å². The molecule has 3 aromatic heterocycles. The minimum Gasteiger partial charge on any atom is -0.309 e. The summed E-state index contributed by atoms with van der Waals surface area (Å²) in [5, 5.41) is 7.69. The number of nitrogens with zero attached hydrogens (tertiary/aromatic N) is 2. The molecule has 10 rings (SSSR count). The third-order valence-electron chi connectivity index (χ3n) is 9.29. The largest absolute Gasteiger partial charge is 0.309 e. The summed E-state index contributed by atoms with van der Waals surface area (Å²) in [6, 6.07) is 57.6. The molecule has 0 spiro atoms. The van der Waals surface area contributed by atoms with Gasteiger partial charge in [0.15, 0.2) is 0 Å². The monoisotopic (exact) mass is 590 g/mol. The Hall–Kier alpha value is -5.64. The van der Waals surface area contributed by atoms with Crippen molar-refractivity contribution in [2.24, 2.45) is 0 Å². The molecule has 3 heterocycles. The van der Waals surface area contributed by atoms with Crippen LogP contribution in [0.2, 0.25) is 0 Å². The van der Waals surface area contributed by atoms with Crippen LogP contribution in [-0.4, -0.2) is 9.13 Å². The lowest BCUT2D eigenvalue weighted by Gasteiger charge is -2.14. The fraction of sp³-hybridized carbons (Fsp3) is 0. The Bertz CT molecular complexity index is 2740. The van der Waals surface area contributed by atoms with Crippen molar-refractivity contribution in [3.05, 3.63) is 158 Å². The molecule has 7 aromatic carbocycles. The zero-order valence-electron chi connectivity index (χ0n) is 24.3. The Labute approximate surface area is 263 Å². The van der Waals surface area contributed by atoms with Crippen LogP contribution in [0.25, 0.3) is 86.3 Å². The quantitative estimate of drug-likeness (QED) is 0.194. The first kappa shape index (κ1) is 24.8. The lowest BCUT2D eigenvalue weighted by molar-refractivity contribution is 1.17. The van der Waals surface area contributed by atoms with Crippen LogP contribution in [0.5, 0.6) is 0 Å². The van der Waals surface area contributed by atoms with Gasteiger partial charge >= 0.3 is 0 Å². The van der Waals surface area contributed by atoms with Gasteiger partial charge in [0.05, 0.1) is 22.1 Å². The van der Waals surface area contributed by atoms with Crippen LogP contribution in [0, 0.1) is 0 Å². The maximum absolute atomic E-state index is 2.47. The normalized spacial score (nSPS) is 12.0. The second-order valence-corrected chi connectivity index (χ2v) is 12.8. The predicted molar refractivity (Wildman–Crippen MR) is 193 cm³/mol. The smallest absolute Gasteiger partial charge is 0.0641 e. The van der Waals surface area contributed by atoms with Gasteiger partial charge in [0.25, 0.3) is 0 Å². The minimum absolute atomic E-state index is 1.16. The molecular weight excluding hydrogens is 565 g/mol. The van der Waals surface area contributed by atoms with E-state index in [0.29, 0.717) is 0 Å². The number of rotatable bonds is 3. The Morgan fingerprint density at radius 1 is 0.378 bits per heavy atom. The third kappa shape index (κ3) is 3.50. The summed E-state index contributed by atoms with van der Waals surface area (Å²) >= 11 is 1.87. The zero-order chi connectivity index (χ0) is 29.5. The van der Waals surface area contributed by atoms with Crippen LogP contribution in [-0.2, 0) is 0 Å². The van der Waals surface area contributed by atoms with Crippen molar-refractivity contribution in [3.8, 4) is 22.5 Å². The van der Waals surface area contributed by atoms with Gasteiger partial charge in [-0.15, -0.1) is 11.3 Å². The number of benzene rings is 7. The van der Waals surface area contributed by atoms with Gasteiger partial charge in [0.1, 0.15) is 0 Å². The maximum Gasteiger partial charge on any atom is 0.0641 e. The van der Waals surface area contributed by atoms with Crippen molar-refractivity contribution in [2.75, 3.05) is 0 Å². The molecule has 0 saturated carbocycles. The van der Waals surface area contributed by atoms with Crippen LogP contribution in [0.15, 0.2) is 158 Å². The lowest BCUT2D eigenvalue weighted by atomic mass is 9.97. The van der Waals surface area contributed by atoms with E-state index in [-0.39, 0.29) is 0 Å². The van der Waals surface area contributed by atoms with Crippen molar-refractivity contribution in [3.63, 3.8) is 0 Å². The molecule has 0 aliphatic heterocycles. The second kappa shape index (κ2) is 9.43. The standard InChI is InChI=1S/C42H26N2S/c1-3-13-28(14-4-1)43-36-20-10-7-17-30(36)35-26-33(27-23-24-39-34(25-27)31-18-9-12-22-38(31)45-39)41-40(42(35)43)32-19-8-11-21-37(32)44(41)29-15-5-2-6-16-29/h1-26H. The molecule has 0 radical (unpaired) electrons. The Balaban J connectivity index is 1.46. The molecule has 10 aromatic rings. The van der Waals surface area contributed by atoms with E-state index in [4.69, 9.17) is 0 Å². The van der Waals surface area contributed by atoms with Gasteiger partial charge in [-0.1, -0.05) is 97.1 Å². The number of aromatic nitrogens is 2. The van der Waals surface area contributed by atoms with Crippen molar-refractivity contribution in [1.82, 2.24) is 9.13 Å². The average Bonchev–Trinajstić information content (AvgIpc) is 3.76. The van der Waals surface area contributed by atoms with E-state index >= 15 is 0 Å². The van der Waals surface area contributed by atoms with Crippen LogP contribution in [0.1, 0.15) is 0 Å². The summed E-state index contributed by atoms with van der Waals surface area (Å²) in [5.74, 6) is 0. The summed E-state index contributed by atoms with van der Waals surface area (Å²) in [6.45, 7) is 0. The summed E-state index contributed by atoms with van der Waals surface area (Å²) in [7, 11) is 0. The second-order valence-electron chi connectivity index (χ2n) is 11.7. The number of hydrogen-bond acceptors (Lipinski definition) is 1. The summed E-state index contributed by atoms with van der Waals surface area (Å²) in [5.41, 5.74) is 9.70. The van der Waals surface area contributed by atoms with Crippen LogP contribution in [0.3, 0.4) is 0 Å². The highest BCUT2D eigenvalue weighted by Crippen LogP contribution is 2.47. The van der Waals surface area contributed by atoms with Crippen molar-refractivity contribution in [2.45, 2.75) is 0 Å². The van der Waals surface area contributed by atoms with Gasteiger partial charge in [-0.05, 0) is 66.2 Å². The van der Waals surface area contributed by atoms with Gasteiger partial charge in [-0.2, -0.15) is 0 Å². The first-order valence-electron chi connectivity index (χ1n) is 15.4. The fourth-order valence-corrected chi connectivity index (χ4v) is 8.50. The SMILES string of the molecule is c1ccc(-n2c3ccccc3c3c2c(-c2ccc4sc5ccccc5c4c2)cc2c4ccccc4n(-c4ccccc4)c23)cc1. The molecular formula is C42H26N2S. The molecule has 0 fully saturated rings. The van der Waals surface area contributed by atoms with Crippen LogP contribution in [0.4, 0.5) is 0 Å². The average molecular weight is 591 g/mol. The molecule has 0 unspecified atom stereocenters. The molecule has 210 valence electrons. The van der Waals surface area contributed by atoms with E-state index in [0.717, 1.165) is 5.69 Å². The van der Waals surface area contributed by atoms with Gasteiger partial charge in [-0.25, -0.2) is 0 Å². The molecule has 0 atom stereocenters. The predicted octanol–water partition coefficient (Wildman–Crippen LogP) is 11.9. The maximum atomic E-state index is 2.47. The molecule has 0 amide bonds. The van der Waals surface area contributed by atoms with Crippen LogP contribution < -0.4 is 0 Å². The first-order chi connectivity index (χ1) is 22.3. The van der Waals surface area contributed by atoms with Gasteiger partial charge in [0, 0.05) is 58.7 Å². The molecule has 0 N–H and O–H groups in total. The number of hydrogen-bond donors (Lipinski definition) is 0. The van der Waals surface area contributed by atoms with E-state index in [9.17, 15) is 0 Å². The Morgan fingerprint density at radius 2 is 0.933 bits per heavy atom. The highest BCUT2D eigenvalue weighted by atomic mass is 32.1. The third-order valence-corrected chi connectivity index (χ3v) is 10.4. The fourth-order valence-electron chi connectivity index (χ4n) is 7.41. The van der Waals surface area contributed by atoms with Gasteiger partial charge < -0.3 is 9.13 Å². The molecule has 0 aliphatic rings. The Kier molecular flexibility index (Phi) is 5.19. The molecule has 0 aliphatic carbocycles. The van der Waals surface area contributed by atoms with E-state index in [1.54, 1.807) is 0 Å². The van der Waals surface area contributed by atoms with E-state index in [1.165, 1.54) is 80.6 Å². The van der Waals surface area contributed by atoms with E-state index < -0.39 is 0 Å². The first-order valence-corrected chi connectivity index (χ1v) is 16.2.